The van der Waals surface area contributed by atoms with Crippen molar-refractivity contribution >= 4 is 11.4 Å². The molecule has 0 aliphatic heterocycles. The number of ether oxygens (including phenoxy) is 1. The Balaban J connectivity index is 2.55. The third-order valence-electron chi connectivity index (χ3n) is 2.87. The fourth-order valence-corrected chi connectivity index (χ4v) is 1.95. The molecule has 0 saturated carbocycles. The van der Waals surface area contributed by atoms with Crippen LogP contribution in [0.5, 0.6) is 5.75 Å². The lowest BCUT2D eigenvalue weighted by Gasteiger charge is -2.09. The number of methoxy groups -OCH3 is 1. The fourth-order valence-electron chi connectivity index (χ4n) is 1.95. The van der Waals surface area contributed by atoms with Crippen molar-refractivity contribution in [3.05, 3.63) is 35.1 Å². The van der Waals surface area contributed by atoms with Crippen LogP contribution in [-0.2, 0) is 4.79 Å². The molecule has 0 bridgehead atoms. The van der Waals surface area contributed by atoms with E-state index in [1.807, 2.05) is 19.1 Å². The lowest BCUT2D eigenvalue weighted by atomic mass is 9.99. The second-order valence-electron chi connectivity index (χ2n) is 3.93. The van der Waals surface area contributed by atoms with Crippen LogP contribution in [0.1, 0.15) is 24.0 Å². The Labute approximate surface area is 94.4 Å². The van der Waals surface area contributed by atoms with Crippen LogP contribution in [0.25, 0.3) is 5.57 Å². The Morgan fingerprint density at radius 2 is 2.06 bits per heavy atom. The van der Waals surface area contributed by atoms with Crippen molar-refractivity contribution in [1.82, 2.24) is 0 Å². The second-order valence-corrected chi connectivity index (χ2v) is 3.93. The zero-order valence-corrected chi connectivity index (χ0v) is 9.41. The number of rotatable bonds is 2. The molecule has 0 fully saturated rings. The van der Waals surface area contributed by atoms with E-state index in [4.69, 9.17) is 4.74 Å². The minimum Gasteiger partial charge on any atom is -0.512 e. The smallest absolute Gasteiger partial charge is 0.167 e. The number of hydrogen-bond acceptors (Lipinski definition) is 3. The number of carbonyl (C=O) groups is 1. The van der Waals surface area contributed by atoms with Crippen molar-refractivity contribution in [1.29, 1.82) is 0 Å². The normalized spacial score (nSPS) is 15.8. The first-order valence-electron chi connectivity index (χ1n) is 5.24. The summed E-state index contributed by atoms with van der Waals surface area (Å²) in [5.41, 5.74) is 2.20. The van der Waals surface area contributed by atoms with Gasteiger partial charge in [-0.15, -0.1) is 0 Å². The van der Waals surface area contributed by atoms with Gasteiger partial charge in [0.15, 0.2) is 5.78 Å². The summed E-state index contributed by atoms with van der Waals surface area (Å²) in [5, 5.41) is 9.72. The van der Waals surface area contributed by atoms with Gasteiger partial charge < -0.3 is 9.84 Å². The summed E-state index contributed by atoms with van der Waals surface area (Å²) >= 11 is 0. The van der Waals surface area contributed by atoms with Crippen LogP contribution in [0, 0.1) is 6.92 Å². The predicted molar refractivity (Wildman–Crippen MR) is 61.5 cm³/mol. The summed E-state index contributed by atoms with van der Waals surface area (Å²) in [5.74, 6) is 0.899. The van der Waals surface area contributed by atoms with Crippen LogP contribution in [-0.4, -0.2) is 18.0 Å². The van der Waals surface area contributed by atoms with Gasteiger partial charge in [-0.2, -0.15) is 0 Å². The molecule has 1 aliphatic carbocycles. The summed E-state index contributed by atoms with van der Waals surface area (Å²) in [6.45, 7) is 1.92. The van der Waals surface area contributed by atoms with Crippen molar-refractivity contribution in [2.75, 3.05) is 7.11 Å². The molecule has 3 nitrogen and oxygen atoms in total. The summed E-state index contributed by atoms with van der Waals surface area (Å²) in [6.07, 6.45) is 0.850. The van der Waals surface area contributed by atoms with Gasteiger partial charge in [0.2, 0.25) is 0 Å². The molecule has 0 radical (unpaired) electrons. The Bertz CT molecular complexity index is 472. The third-order valence-corrected chi connectivity index (χ3v) is 2.87. The van der Waals surface area contributed by atoms with Gasteiger partial charge in [0.05, 0.1) is 12.7 Å². The van der Waals surface area contributed by atoms with Gasteiger partial charge in [0, 0.05) is 12.8 Å². The Hall–Kier alpha value is -1.77. The lowest BCUT2D eigenvalue weighted by molar-refractivity contribution is -0.113. The molecule has 0 unspecified atom stereocenters. The average Bonchev–Trinajstić information content (AvgIpc) is 2.60. The van der Waals surface area contributed by atoms with E-state index in [-0.39, 0.29) is 11.5 Å². The summed E-state index contributed by atoms with van der Waals surface area (Å²) < 4.78 is 5.12. The Morgan fingerprint density at radius 3 is 2.62 bits per heavy atom. The molecule has 3 heteroatoms. The highest BCUT2D eigenvalue weighted by Gasteiger charge is 2.25. The van der Waals surface area contributed by atoms with E-state index in [9.17, 15) is 9.90 Å². The quantitative estimate of drug-likeness (QED) is 0.830. The fraction of sp³-hybridized carbons (Fsp3) is 0.308. The predicted octanol–water partition coefficient (Wildman–Crippen LogP) is 2.64. The molecule has 0 saturated heterocycles. The minimum atomic E-state index is 0.00820. The highest BCUT2D eigenvalue weighted by Crippen LogP contribution is 2.33. The molecule has 0 amide bonds. The molecule has 2 rings (SSSR count). The van der Waals surface area contributed by atoms with E-state index in [2.05, 4.69) is 0 Å². The van der Waals surface area contributed by atoms with E-state index < -0.39 is 0 Å². The van der Waals surface area contributed by atoms with Crippen LogP contribution < -0.4 is 4.74 Å². The number of ketones is 1. The Kier molecular flexibility index (Phi) is 2.69. The van der Waals surface area contributed by atoms with Crippen LogP contribution in [0.4, 0.5) is 0 Å². The monoisotopic (exact) mass is 218 g/mol. The molecule has 84 valence electrons. The molecule has 0 atom stereocenters. The number of benzene rings is 1. The summed E-state index contributed by atoms with van der Waals surface area (Å²) in [6, 6.07) is 5.53. The molecule has 1 aliphatic rings. The first kappa shape index (κ1) is 10.7. The lowest BCUT2D eigenvalue weighted by Crippen LogP contribution is -1.99. The van der Waals surface area contributed by atoms with Crippen molar-refractivity contribution in [2.45, 2.75) is 19.8 Å². The van der Waals surface area contributed by atoms with Gasteiger partial charge in [-0.3, -0.25) is 4.79 Å². The zero-order valence-electron chi connectivity index (χ0n) is 9.41. The van der Waals surface area contributed by atoms with Crippen molar-refractivity contribution in [3.63, 3.8) is 0 Å². The van der Waals surface area contributed by atoms with E-state index in [0.717, 1.165) is 11.1 Å². The molecule has 0 spiro atoms. The van der Waals surface area contributed by atoms with Gasteiger partial charge in [0.25, 0.3) is 0 Å². The van der Waals surface area contributed by atoms with E-state index in [1.165, 1.54) is 0 Å². The SMILES string of the molecule is COc1ccc(C)c(C2=C(O)CCC2=O)c1. The number of allylic oxidation sites excluding steroid dienone is 2. The first-order chi connectivity index (χ1) is 7.63. The van der Waals surface area contributed by atoms with Crippen molar-refractivity contribution in [3.8, 4) is 5.75 Å². The van der Waals surface area contributed by atoms with Gasteiger partial charge in [-0.05, 0) is 30.2 Å². The standard InChI is InChI=1S/C13H14O3/c1-8-3-4-9(16-2)7-10(8)13-11(14)5-6-12(13)15/h3-4,7,14H,5-6H2,1-2H3. The molecule has 16 heavy (non-hydrogen) atoms. The number of aliphatic hydroxyl groups excluding tert-OH is 1. The maximum Gasteiger partial charge on any atom is 0.167 e. The summed E-state index contributed by atoms with van der Waals surface area (Å²) in [7, 11) is 1.58. The number of aliphatic hydroxyl groups is 1. The largest absolute Gasteiger partial charge is 0.512 e. The van der Waals surface area contributed by atoms with Crippen LogP contribution in [0.15, 0.2) is 24.0 Å². The molecule has 0 aromatic heterocycles. The highest BCUT2D eigenvalue weighted by molar-refractivity contribution is 6.23. The molecular weight excluding hydrogens is 204 g/mol. The Morgan fingerprint density at radius 1 is 1.31 bits per heavy atom. The number of carbonyl (C=O) groups excluding carboxylic acids is 1. The molecule has 1 aromatic rings. The first-order valence-corrected chi connectivity index (χ1v) is 5.24. The van der Waals surface area contributed by atoms with Gasteiger partial charge >= 0.3 is 0 Å². The number of Topliss-reactive ketones (excluding diaryl/α,β-unsaturated/α-hetero) is 1. The maximum absolute atomic E-state index is 11.7. The van der Waals surface area contributed by atoms with Gasteiger partial charge in [-0.1, -0.05) is 6.07 Å². The molecular formula is C13H14O3. The van der Waals surface area contributed by atoms with E-state index >= 15 is 0 Å². The maximum atomic E-state index is 11.7. The van der Waals surface area contributed by atoms with E-state index in [1.54, 1.807) is 13.2 Å². The minimum absolute atomic E-state index is 0.00820. The zero-order chi connectivity index (χ0) is 11.7. The topological polar surface area (TPSA) is 46.5 Å². The van der Waals surface area contributed by atoms with Crippen molar-refractivity contribution < 1.29 is 14.6 Å². The van der Waals surface area contributed by atoms with Crippen LogP contribution >= 0.6 is 0 Å². The van der Waals surface area contributed by atoms with Gasteiger partial charge in [-0.25, -0.2) is 0 Å². The average molecular weight is 218 g/mol. The molecule has 1 aromatic carbocycles. The van der Waals surface area contributed by atoms with Crippen LogP contribution in [0.2, 0.25) is 0 Å². The highest BCUT2D eigenvalue weighted by atomic mass is 16.5. The van der Waals surface area contributed by atoms with Crippen molar-refractivity contribution in [2.24, 2.45) is 0 Å². The van der Waals surface area contributed by atoms with Crippen LogP contribution in [0.3, 0.4) is 0 Å². The van der Waals surface area contributed by atoms with Gasteiger partial charge in [0.1, 0.15) is 11.5 Å². The summed E-state index contributed by atoms with van der Waals surface area (Å²) in [4.78, 5) is 11.7. The number of aryl methyl sites for hydroxylation is 1. The third kappa shape index (κ3) is 1.69. The molecule has 1 N–H and O–H groups in total. The van der Waals surface area contributed by atoms with E-state index in [0.29, 0.717) is 24.2 Å². The second kappa shape index (κ2) is 4.00. The molecule has 0 heterocycles. The number of hydrogen-bond donors (Lipinski definition) is 1.